The summed E-state index contributed by atoms with van der Waals surface area (Å²) in [7, 11) is 0. The van der Waals surface area contributed by atoms with Crippen molar-refractivity contribution in [2.75, 3.05) is 18.5 Å². The molecular weight excluding hydrogens is 310 g/mol. The molecule has 0 aromatic heterocycles. The minimum Gasteiger partial charge on any atom is -0.507 e. The Morgan fingerprint density at radius 1 is 0.680 bits per heavy atom. The van der Waals surface area contributed by atoms with Crippen LogP contribution in [0.1, 0.15) is 0 Å². The summed E-state index contributed by atoms with van der Waals surface area (Å²) in [4.78, 5) is 0. The number of hydrogen-bond acceptors (Lipinski definition) is 3. The largest absolute Gasteiger partial charge is 0.507 e. The van der Waals surface area contributed by atoms with Gasteiger partial charge < -0.3 is 15.5 Å². The molecule has 0 aliphatic carbocycles. The molecule has 0 radical (unpaired) electrons. The van der Waals surface area contributed by atoms with Gasteiger partial charge in [-0.15, -0.1) is 0 Å². The van der Waals surface area contributed by atoms with Crippen molar-refractivity contribution in [1.29, 1.82) is 0 Å². The van der Waals surface area contributed by atoms with Gasteiger partial charge in [-0.3, -0.25) is 0 Å². The Morgan fingerprint density at radius 2 is 1.28 bits per heavy atom. The van der Waals surface area contributed by atoms with Gasteiger partial charge in [-0.2, -0.15) is 0 Å². The van der Waals surface area contributed by atoms with Crippen LogP contribution in [0.25, 0.3) is 32.7 Å². The first-order valence-electron chi connectivity index (χ1n) is 8.37. The Kier molecular flexibility index (Phi) is 4.00. The summed E-state index contributed by atoms with van der Waals surface area (Å²) in [6.07, 6.45) is 0. The average molecular weight is 329 g/mol. The van der Waals surface area contributed by atoms with E-state index in [-0.39, 0.29) is 12.4 Å². The third kappa shape index (κ3) is 2.69. The lowest BCUT2D eigenvalue weighted by Gasteiger charge is -2.17. The van der Waals surface area contributed by atoms with Gasteiger partial charge in [0.1, 0.15) is 5.75 Å². The van der Waals surface area contributed by atoms with Crippen LogP contribution in [0.15, 0.2) is 72.8 Å². The van der Waals surface area contributed by atoms with Crippen molar-refractivity contribution in [1.82, 2.24) is 0 Å². The highest BCUT2D eigenvalue weighted by molar-refractivity contribution is 6.11. The van der Waals surface area contributed by atoms with E-state index in [1.807, 2.05) is 48.5 Å². The lowest BCUT2D eigenvalue weighted by Crippen LogP contribution is -2.06. The van der Waals surface area contributed by atoms with Crippen LogP contribution in [0.4, 0.5) is 5.69 Å². The Labute approximate surface area is 146 Å². The Bertz CT molecular complexity index is 1060. The third-order valence-corrected chi connectivity index (χ3v) is 4.51. The monoisotopic (exact) mass is 329 g/mol. The topological polar surface area (TPSA) is 52.5 Å². The number of aliphatic hydroxyl groups is 1. The molecular formula is C22H19NO2. The fourth-order valence-electron chi connectivity index (χ4n) is 3.40. The van der Waals surface area contributed by atoms with Crippen molar-refractivity contribution in [3.63, 3.8) is 0 Å². The number of rotatable bonds is 4. The van der Waals surface area contributed by atoms with Gasteiger partial charge in [0.15, 0.2) is 0 Å². The predicted octanol–water partition coefficient (Wildman–Crippen LogP) is 4.77. The maximum absolute atomic E-state index is 10.7. The molecule has 4 aromatic rings. The van der Waals surface area contributed by atoms with Gasteiger partial charge in [-0.1, -0.05) is 60.7 Å². The molecule has 0 spiro atoms. The maximum Gasteiger partial charge on any atom is 0.124 e. The normalized spacial score (nSPS) is 11.1. The summed E-state index contributed by atoms with van der Waals surface area (Å²) in [5.41, 5.74) is 2.68. The van der Waals surface area contributed by atoms with Gasteiger partial charge >= 0.3 is 0 Å². The van der Waals surface area contributed by atoms with Gasteiger partial charge in [0.05, 0.1) is 6.61 Å². The van der Waals surface area contributed by atoms with Gasteiger partial charge in [0.2, 0.25) is 0 Å². The first-order chi connectivity index (χ1) is 12.3. The first kappa shape index (κ1) is 15.5. The van der Waals surface area contributed by atoms with Crippen LogP contribution in [0, 0.1) is 0 Å². The van der Waals surface area contributed by atoms with E-state index in [0.29, 0.717) is 6.54 Å². The lowest BCUT2D eigenvalue weighted by molar-refractivity contribution is 0.311. The molecule has 4 aromatic carbocycles. The van der Waals surface area contributed by atoms with Crippen molar-refractivity contribution >= 4 is 27.2 Å². The minimum absolute atomic E-state index is 0.0494. The number of phenolic OH excluding ortho intramolecular Hbond substituents is 1. The number of nitrogens with one attached hydrogen (secondary N) is 1. The Balaban J connectivity index is 2.11. The summed E-state index contributed by atoms with van der Waals surface area (Å²) < 4.78 is 0. The molecule has 3 N–H and O–H groups in total. The molecule has 4 rings (SSSR count). The highest BCUT2D eigenvalue weighted by atomic mass is 16.3. The van der Waals surface area contributed by atoms with Crippen LogP contribution >= 0.6 is 0 Å². The summed E-state index contributed by atoms with van der Waals surface area (Å²) in [5.74, 6) is 0.252. The number of aromatic hydroxyl groups is 1. The SMILES string of the molecule is OCCNc1ccc2ccccc2c1-c1c(O)ccc2ccccc12. The summed E-state index contributed by atoms with van der Waals surface area (Å²) >= 11 is 0. The highest BCUT2D eigenvalue weighted by Crippen LogP contribution is 2.43. The predicted molar refractivity (Wildman–Crippen MR) is 104 cm³/mol. The standard InChI is InChI=1S/C22H19NO2/c24-14-13-23-19-11-9-15-5-1-3-7-17(15)21(19)22-18-8-4-2-6-16(18)10-12-20(22)25/h1-12,23-25H,13-14H2. The number of benzene rings is 4. The van der Waals surface area contributed by atoms with E-state index in [9.17, 15) is 10.2 Å². The van der Waals surface area contributed by atoms with Crippen LogP contribution in [0.2, 0.25) is 0 Å². The van der Waals surface area contributed by atoms with Crippen LogP contribution in [0.5, 0.6) is 5.75 Å². The van der Waals surface area contributed by atoms with Crippen molar-refractivity contribution in [2.24, 2.45) is 0 Å². The number of phenols is 1. The van der Waals surface area contributed by atoms with E-state index in [0.717, 1.165) is 38.4 Å². The van der Waals surface area contributed by atoms with Gasteiger partial charge in [-0.05, 0) is 33.7 Å². The molecule has 0 atom stereocenters. The van der Waals surface area contributed by atoms with Gasteiger partial charge in [-0.25, -0.2) is 0 Å². The number of hydrogen-bond donors (Lipinski definition) is 3. The molecule has 0 saturated heterocycles. The van der Waals surface area contributed by atoms with Crippen LogP contribution in [0.3, 0.4) is 0 Å². The molecule has 0 fully saturated rings. The van der Waals surface area contributed by atoms with Crippen molar-refractivity contribution in [3.8, 4) is 16.9 Å². The molecule has 0 amide bonds. The zero-order valence-electron chi connectivity index (χ0n) is 13.7. The molecule has 3 nitrogen and oxygen atoms in total. The molecule has 0 unspecified atom stereocenters. The fourth-order valence-corrected chi connectivity index (χ4v) is 3.40. The smallest absolute Gasteiger partial charge is 0.124 e. The summed E-state index contributed by atoms with van der Waals surface area (Å²) in [6, 6.07) is 23.9. The molecule has 0 bridgehead atoms. The first-order valence-corrected chi connectivity index (χ1v) is 8.37. The molecule has 0 aliphatic heterocycles. The molecule has 0 saturated carbocycles. The van der Waals surface area contributed by atoms with E-state index in [4.69, 9.17) is 0 Å². The lowest BCUT2D eigenvalue weighted by atomic mass is 9.91. The molecule has 0 aliphatic rings. The van der Waals surface area contributed by atoms with Crippen LogP contribution < -0.4 is 5.32 Å². The number of anilines is 1. The summed E-state index contributed by atoms with van der Waals surface area (Å²) in [6.45, 7) is 0.505. The molecule has 3 heteroatoms. The fraction of sp³-hybridized carbons (Fsp3) is 0.0909. The highest BCUT2D eigenvalue weighted by Gasteiger charge is 2.16. The van der Waals surface area contributed by atoms with Crippen molar-refractivity contribution in [3.05, 3.63) is 72.8 Å². The van der Waals surface area contributed by atoms with E-state index in [2.05, 4.69) is 23.5 Å². The molecule has 124 valence electrons. The zero-order chi connectivity index (χ0) is 17.2. The van der Waals surface area contributed by atoms with E-state index in [1.54, 1.807) is 6.07 Å². The van der Waals surface area contributed by atoms with E-state index < -0.39 is 0 Å². The van der Waals surface area contributed by atoms with Gasteiger partial charge in [0, 0.05) is 23.4 Å². The van der Waals surface area contributed by atoms with Crippen molar-refractivity contribution < 1.29 is 10.2 Å². The van der Waals surface area contributed by atoms with E-state index >= 15 is 0 Å². The van der Waals surface area contributed by atoms with Crippen LogP contribution in [-0.4, -0.2) is 23.4 Å². The van der Waals surface area contributed by atoms with Crippen LogP contribution in [-0.2, 0) is 0 Å². The summed E-state index contributed by atoms with van der Waals surface area (Å²) in [5, 5.41) is 27.5. The second kappa shape index (κ2) is 6.46. The Morgan fingerprint density at radius 3 is 1.96 bits per heavy atom. The quantitative estimate of drug-likeness (QED) is 0.505. The third-order valence-electron chi connectivity index (χ3n) is 4.51. The second-order valence-corrected chi connectivity index (χ2v) is 6.04. The molecule has 25 heavy (non-hydrogen) atoms. The van der Waals surface area contributed by atoms with Gasteiger partial charge in [0.25, 0.3) is 0 Å². The van der Waals surface area contributed by atoms with Crippen molar-refractivity contribution in [2.45, 2.75) is 0 Å². The number of aliphatic hydroxyl groups excluding tert-OH is 1. The minimum atomic E-state index is 0.0494. The second-order valence-electron chi connectivity index (χ2n) is 6.04. The van der Waals surface area contributed by atoms with E-state index in [1.165, 1.54) is 0 Å². The number of fused-ring (bicyclic) bond motifs is 2. The average Bonchev–Trinajstić information content (AvgIpc) is 2.66. The zero-order valence-corrected chi connectivity index (χ0v) is 13.7. The molecule has 0 heterocycles. The Hall–Kier alpha value is -3.04. The maximum atomic E-state index is 10.7.